The molecule has 8 heteroatoms. The Labute approximate surface area is 105 Å². The topological polar surface area (TPSA) is 98.5 Å². The van der Waals surface area contributed by atoms with E-state index in [4.69, 9.17) is 9.29 Å². The fraction of sp³-hybridized carbons (Fsp3) is 0.600. The molecule has 0 bridgehead atoms. The maximum Gasteiger partial charge on any atom is 0.435 e. The molecule has 7 nitrogen and oxygen atoms in total. The summed E-state index contributed by atoms with van der Waals surface area (Å²) in [7, 11) is -4.41. The number of ether oxygens (including phenoxy) is 1. The largest absolute Gasteiger partial charge is 0.442 e. The van der Waals surface area contributed by atoms with Gasteiger partial charge in [0.2, 0.25) is 0 Å². The Balaban J connectivity index is 3.27. The minimum absolute atomic E-state index is 0.0178. The summed E-state index contributed by atoms with van der Waals surface area (Å²) in [6.45, 7) is 7.80. The van der Waals surface area contributed by atoms with Crippen molar-refractivity contribution in [1.29, 1.82) is 0 Å². The molecule has 102 valence electrons. The van der Waals surface area contributed by atoms with Crippen molar-refractivity contribution in [3.8, 4) is 0 Å². The Morgan fingerprint density at radius 2 is 1.83 bits per heavy atom. The van der Waals surface area contributed by atoms with Gasteiger partial charge in [-0.05, 0) is 34.6 Å². The molecule has 1 rings (SSSR count). The summed E-state index contributed by atoms with van der Waals surface area (Å²) >= 11 is 0. The normalized spacial score (nSPS) is 12.6. The lowest BCUT2D eigenvalue weighted by molar-refractivity contribution is 0.0510. The van der Waals surface area contributed by atoms with Gasteiger partial charge in [0.25, 0.3) is 10.1 Å². The highest BCUT2D eigenvalue weighted by Gasteiger charge is 2.27. The minimum atomic E-state index is -4.41. The van der Waals surface area contributed by atoms with Crippen LogP contribution < -0.4 is 0 Å². The molecule has 18 heavy (non-hydrogen) atoms. The van der Waals surface area contributed by atoms with Crippen LogP contribution in [0.3, 0.4) is 0 Å². The maximum absolute atomic E-state index is 11.8. The zero-order valence-electron chi connectivity index (χ0n) is 10.9. The lowest BCUT2D eigenvalue weighted by Crippen LogP contribution is -2.28. The van der Waals surface area contributed by atoms with Gasteiger partial charge in [0, 0.05) is 0 Å². The monoisotopic (exact) mass is 276 g/mol. The fourth-order valence-corrected chi connectivity index (χ4v) is 2.36. The quantitative estimate of drug-likeness (QED) is 0.781. The van der Waals surface area contributed by atoms with Crippen molar-refractivity contribution < 1.29 is 22.5 Å². The molecule has 0 amide bonds. The molecule has 1 aromatic heterocycles. The third kappa shape index (κ3) is 3.08. The maximum atomic E-state index is 11.8. The first-order valence-corrected chi connectivity index (χ1v) is 6.64. The minimum Gasteiger partial charge on any atom is -0.442 e. The van der Waals surface area contributed by atoms with Gasteiger partial charge in [-0.2, -0.15) is 18.2 Å². The van der Waals surface area contributed by atoms with Gasteiger partial charge < -0.3 is 4.74 Å². The van der Waals surface area contributed by atoms with Gasteiger partial charge in [0.15, 0.2) is 0 Å². The third-order valence-corrected chi connectivity index (χ3v) is 3.16. The van der Waals surface area contributed by atoms with E-state index >= 15 is 0 Å². The molecule has 0 saturated carbocycles. The fourth-order valence-electron chi connectivity index (χ4n) is 1.48. The van der Waals surface area contributed by atoms with Crippen LogP contribution in [0.15, 0.2) is 4.90 Å². The molecule has 0 aliphatic heterocycles. The molecule has 0 aliphatic rings. The van der Waals surface area contributed by atoms with E-state index in [0.717, 1.165) is 4.68 Å². The van der Waals surface area contributed by atoms with Crippen LogP contribution in [0.25, 0.3) is 0 Å². The van der Waals surface area contributed by atoms with Gasteiger partial charge in [-0.25, -0.2) is 4.79 Å². The van der Waals surface area contributed by atoms with E-state index in [2.05, 4.69) is 5.10 Å². The predicted octanol–water partition coefficient (Wildman–Crippen LogP) is 1.53. The van der Waals surface area contributed by atoms with Crippen molar-refractivity contribution >= 4 is 16.2 Å². The Kier molecular flexibility index (Phi) is 3.55. The number of rotatable bonds is 1. The highest BCUT2D eigenvalue weighted by atomic mass is 32.2. The number of hydrogen-bond acceptors (Lipinski definition) is 5. The summed E-state index contributed by atoms with van der Waals surface area (Å²) in [6.07, 6.45) is -0.794. The molecule has 0 unspecified atom stereocenters. The lowest BCUT2D eigenvalue weighted by atomic mass is 10.2. The van der Waals surface area contributed by atoms with Crippen molar-refractivity contribution in [2.45, 2.75) is 45.1 Å². The zero-order valence-corrected chi connectivity index (χ0v) is 11.7. The molecule has 0 fully saturated rings. The van der Waals surface area contributed by atoms with Gasteiger partial charge >= 0.3 is 6.09 Å². The highest BCUT2D eigenvalue weighted by Crippen LogP contribution is 2.20. The SMILES string of the molecule is Cc1nn(C(=O)OC(C)(C)C)c(C)c1S(=O)(=O)O. The molecule has 1 heterocycles. The van der Waals surface area contributed by atoms with Crippen LogP contribution in [-0.2, 0) is 14.9 Å². The number of carbonyl (C=O) groups is 1. The molecule has 0 aliphatic carbocycles. The summed E-state index contributed by atoms with van der Waals surface area (Å²) in [4.78, 5) is 11.4. The molecular weight excluding hydrogens is 260 g/mol. The van der Waals surface area contributed by atoms with Crippen molar-refractivity contribution in [1.82, 2.24) is 9.78 Å². The lowest BCUT2D eigenvalue weighted by Gasteiger charge is -2.19. The summed E-state index contributed by atoms with van der Waals surface area (Å²) < 4.78 is 37.2. The average Bonchev–Trinajstić information content (AvgIpc) is 2.37. The van der Waals surface area contributed by atoms with E-state index in [0.29, 0.717) is 0 Å². The second-order valence-electron chi connectivity index (χ2n) is 4.87. The molecule has 0 radical (unpaired) electrons. The molecule has 0 spiro atoms. The van der Waals surface area contributed by atoms with E-state index < -0.39 is 21.8 Å². The molecule has 1 aromatic rings. The van der Waals surface area contributed by atoms with Gasteiger partial charge in [-0.3, -0.25) is 4.55 Å². The van der Waals surface area contributed by atoms with Crippen LogP contribution in [0.1, 0.15) is 32.2 Å². The van der Waals surface area contributed by atoms with Crippen LogP contribution in [0.4, 0.5) is 4.79 Å². The number of nitrogens with zero attached hydrogens (tertiary/aromatic N) is 2. The summed E-state index contributed by atoms with van der Waals surface area (Å²) in [5.74, 6) is 0. The van der Waals surface area contributed by atoms with Crippen LogP contribution in [0.2, 0.25) is 0 Å². The second-order valence-corrected chi connectivity index (χ2v) is 6.23. The van der Waals surface area contributed by atoms with E-state index in [9.17, 15) is 13.2 Å². The van der Waals surface area contributed by atoms with E-state index in [1.165, 1.54) is 13.8 Å². The Morgan fingerprint density at radius 1 is 1.33 bits per heavy atom. The van der Waals surface area contributed by atoms with Crippen molar-refractivity contribution in [2.24, 2.45) is 0 Å². The average molecular weight is 276 g/mol. The van der Waals surface area contributed by atoms with Crippen LogP contribution >= 0.6 is 0 Å². The van der Waals surface area contributed by atoms with Crippen molar-refractivity contribution in [3.05, 3.63) is 11.4 Å². The Morgan fingerprint density at radius 3 is 2.17 bits per heavy atom. The smallest absolute Gasteiger partial charge is 0.435 e. The van der Waals surface area contributed by atoms with Crippen molar-refractivity contribution in [3.63, 3.8) is 0 Å². The van der Waals surface area contributed by atoms with Gasteiger partial charge in [-0.15, -0.1) is 0 Å². The standard InChI is InChI=1S/C10H16N2O5S/c1-6-8(18(14,15)16)7(2)12(11-6)9(13)17-10(3,4)5/h1-5H3,(H,14,15,16). The van der Waals surface area contributed by atoms with E-state index in [-0.39, 0.29) is 16.3 Å². The number of hydrogen-bond donors (Lipinski definition) is 1. The van der Waals surface area contributed by atoms with E-state index in [1.54, 1.807) is 20.8 Å². The molecular formula is C10H16N2O5S. The Bertz CT molecular complexity index is 580. The predicted molar refractivity (Wildman–Crippen MR) is 63.1 cm³/mol. The second kappa shape index (κ2) is 4.36. The van der Waals surface area contributed by atoms with Crippen LogP contribution in [0.5, 0.6) is 0 Å². The number of carbonyl (C=O) groups excluding carboxylic acids is 1. The zero-order chi connectivity index (χ0) is 14.3. The molecule has 0 saturated heterocycles. The molecule has 0 atom stereocenters. The first-order valence-electron chi connectivity index (χ1n) is 5.20. The first kappa shape index (κ1) is 14.7. The van der Waals surface area contributed by atoms with E-state index in [1.807, 2.05) is 0 Å². The first-order chi connectivity index (χ1) is 7.93. The van der Waals surface area contributed by atoms with Gasteiger partial charge in [0.1, 0.15) is 10.5 Å². The van der Waals surface area contributed by atoms with Gasteiger partial charge in [-0.1, -0.05) is 0 Å². The molecule has 0 aromatic carbocycles. The number of aryl methyl sites for hydroxylation is 1. The van der Waals surface area contributed by atoms with Gasteiger partial charge in [0.05, 0.1) is 11.4 Å². The molecule has 1 N–H and O–H groups in total. The van der Waals surface area contributed by atoms with Crippen LogP contribution in [0, 0.1) is 13.8 Å². The third-order valence-electron chi connectivity index (χ3n) is 2.05. The van der Waals surface area contributed by atoms with Crippen LogP contribution in [-0.4, -0.2) is 34.4 Å². The number of aromatic nitrogens is 2. The highest BCUT2D eigenvalue weighted by molar-refractivity contribution is 7.86. The Hall–Kier alpha value is -1.41. The van der Waals surface area contributed by atoms with Crippen molar-refractivity contribution in [2.75, 3.05) is 0 Å². The summed E-state index contributed by atoms with van der Waals surface area (Å²) in [5.41, 5.74) is -0.660. The summed E-state index contributed by atoms with van der Waals surface area (Å²) in [5, 5.41) is 3.76. The summed E-state index contributed by atoms with van der Waals surface area (Å²) in [6, 6.07) is 0.